The van der Waals surface area contributed by atoms with Crippen LogP contribution < -0.4 is 4.90 Å². The van der Waals surface area contributed by atoms with Gasteiger partial charge in [0, 0.05) is 11.9 Å². The van der Waals surface area contributed by atoms with Crippen molar-refractivity contribution in [3.63, 3.8) is 0 Å². The van der Waals surface area contributed by atoms with Crippen molar-refractivity contribution in [2.24, 2.45) is 0 Å². The molecule has 0 fully saturated rings. The Labute approximate surface area is 113 Å². The van der Waals surface area contributed by atoms with Crippen molar-refractivity contribution in [3.05, 3.63) is 32.6 Å². The van der Waals surface area contributed by atoms with Crippen LogP contribution in [0.25, 0.3) is 0 Å². The Hall–Kier alpha value is -1.09. The van der Waals surface area contributed by atoms with Gasteiger partial charge in [-0.25, -0.2) is 0 Å². The Morgan fingerprint density at radius 3 is 2.94 bits per heavy atom. The molecule has 2 aromatic heterocycles. The summed E-state index contributed by atoms with van der Waals surface area (Å²) < 4.78 is 4.01. The summed E-state index contributed by atoms with van der Waals surface area (Å²) in [4.78, 5) is 3.31. The molecular weight excluding hydrogens is 274 g/mol. The minimum absolute atomic E-state index is 0.294. The number of hydrogen-bond acceptors (Lipinski definition) is 5. The zero-order valence-electron chi connectivity index (χ0n) is 9.40. The molecule has 0 aliphatic heterocycles. The van der Waals surface area contributed by atoms with E-state index in [2.05, 4.69) is 28.8 Å². The van der Waals surface area contributed by atoms with Crippen LogP contribution in [0.15, 0.2) is 11.4 Å². The Morgan fingerprint density at radius 1 is 1.59 bits per heavy atom. The van der Waals surface area contributed by atoms with Crippen LogP contribution in [0.5, 0.6) is 0 Å². The fraction of sp³-hybridized carbons (Fsp3) is 0.273. The average molecular weight is 284 g/mol. The molecule has 0 aromatic carbocycles. The summed E-state index contributed by atoms with van der Waals surface area (Å²) in [7, 11) is 1.95. The third-order valence-electron chi connectivity index (χ3n) is 2.44. The second kappa shape index (κ2) is 5.05. The van der Waals surface area contributed by atoms with E-state index in [0.29, 0.717) is 10.7 Å². The van der Waals surface area contributed by atoms with Crippen molar-refractivity contribution in [2.75, 3.05) is 11.9 Å². The van der Waals surface area contributed by atoms with Gasteiger partial charge in [0.1, 0.15) is 16.6 Å². The maximum absolute atomic E-state index is 9.03. The Balaban J connectivity index is 2.24. The van der Waals surface area contributed by atoms with Gasteiger partial charge in [-0.15, -0.1) is 11.3 Å². The van der Waals surface area contributed by atoms with Crippen molar-refractivity contribution in [2.45, 2.75) is 13.5 Å². The van der Waals surface area contributed by atoms with Gasteiger partial charge in [0.2, 0.25) is 0 Å². The molecule has 17 heavy (non-hydrogen) atoms. The van der Waals surface area contributed by atoms with Crippen LogP contribution in [0.2, 0.25) is 5.15 Å². The molecule has 2 aromatic rings. The first kappa shape index (κ1) is 12.4. The van der Waals surface area contributed by atoms with Crippen LogP contribution in [-0.2, 0) is 6.54 Å². The van der Waals surface area contributed by atoms with E-state index < -0.39 is 0 Å². The van der Waals surface area contributed by atoms with Gasteiger partial charge in [-0.2, -0.15) is 9.64 Å². The maximum Gasteiger partial charge on any atom is 0.162 e. The Kier molecular flexibility index (Phi) is 3.67. The number of aromatic nitrogens is 1. The van der Waals surface area contributed by atoms with Crippen LogP contribution in [0.3, 0.4) is 0 Å². The van der Waals surface area contributed by atoms with Crippen LogP contribution >= 0.6 is 34.5 Å². The van der Waals surface area contributed by atoms with E-state index in [1.54, 1.807) is 11.3 Å². The topological polar surface area (TPSA) is 39.9 Å². The third-order valence-corrected chi connectivity index (χ3v) is 4.78. The summed E-state index contributed by atoms with van der Waals surface area (Å²) >= 11 is 8.84. The molecule has 0 aliphatic rings. The van der Waals surface area contributed by atoms with Gasteiger partial charge in [-0.3, -0.25) is 0 Å². The number of nitriles is 1. The predicted octanol–water partition coefficient (Wildman–Crippen LogP) is 3.67. The van der Waals surface area contributed by atoms with E-state index in [0.717, 1.165) is 11.5 Å². The van der Waals surface area contributed by atoms with Crippen LogP contribution in [0, 0.1) is 18.3 Å². The summed E-state index contributed by atoms with van der Waals surface area (Å²) in [5, 5.41) is 12.2. The minimum atomic E-state index is 0.294. The highest BCUT2D eigenvalue weighted by atomic mass is 35.5. The molecule has 0 spiro atoms. The van der Waals surface area contributed by atoms with Gasteiger partial charge in [-0.05, 0) is 35.5 Å². The molecule has 2 rings (SSSR count). The quantitative estimate of drug-likeness (QED) is 0.863. The Bertz CT molecular complexity index is 568. The molecule has 0 atom stereocenters. The lowest BCUT2D eigenvalue weighted by molar-refractivity contribution is 0.944. The molecule has 0 amide bonds. The van der Waals surface area contributed by atoms with E-state index >= 15 is 0 Å². The molecule has 0 saturated carbocycles. The number of rotatable bonds is 3. The second-order valence-electron chi connectivity index (χ2n) is 3.65. The van der Waals surface area contributed by atoms with Gasteiger partial charge in [0.05, 0.1) is 6.54 Å². The third kappa shape index (κ3) is 2.44. The number of thiophene rings is 1. The van der Waals surface area contributed by atoms with Crippen molar-refractivity contribution in [3.8, 4) is 6.07 Å². The van der Waals surface area contributed by atoms with Crippen molar-refractivity contribution in [1.29, 1.82) is 5.26 Å². The van der Waals surface area contributed by atoms with Gasteiger partial charge in [-0.1, -0.05) is 11.6 Å². The zero-order valence-corrected chi connectivity index (χ0v) is 11.8. The Morgan fingerprint density at radius 2 is 2.35 bits per heavy atom. The SMILES string of the molecule is Cc1ccsc1CN(C)c1snc(Cl)c1C#N. The average Bonchev–Trinajstić information content (AvgIpc) is 2.86. The number of nitrogens with zero attached hydrogens (tertiary/aromatic N) is 3. The maximum atomic E-state index is 9.03. The molecule has 0 aliphatic carbocycles. The molecule has 3 nitrogen and oxygen atoms in total. The summed E-state index contributed by atoms with van der Waals surface area (Å²) in [6.07, 6.45) is 0. The molecule has 0 bridgehead atoms. The largest absolute Gasteiger partial charge is 0.359 e. The molecule has 0 unspecified atom stereocenters. The molecule has 88 valence electrons. The lowest BCUT2D eigenvalue weighted by Gasteiger charge is -2.16. The molecule has 6 heteroatoms. The smallest absolute Gasteiger partial charge is 0.162 e. The van der Waals surface area contributed by atoms with E-state index in [-0.39, 0.29) is 0 Å². The molecule has 2 heterocycles. The monoisotopic (exact) mass is 283 g/mol. The summed E-state index contributed by atoms with van der Waals surface area (Å²) in [5.41, 5.74) is 1.74. The van der Waals surface area contributed by atoms with Gasteiger partial charge < -0.3 is 4.90 Å². The van der Waals surface area contributed by atoms with Gasteiger partial charge in [0.25, 0.3) is 0 Å². The highest BCUT2D eigenvalue weighted by Gasteiger charge is 2.16. The molecule has 0 N–H and O–H groups in total. The first-order valence-electron chi connectivity index (χ1n) is 4.93. The van der Waals surface area contributed by atoms with E-state index in [4.69, 9.17) is 16.9 Å². The molecular formula is C11H10ClN3S2. The lowest BCUT2D eigenvalue weighted by atomic mass is 10.3. The fourth-order valence-electron chi connectivity index (χ4n) is 1.47. The number of anilines is 1. The van der Waals surface area contributed by atoms with Gasteiger partial charge in [0.15, 0.2) is 5.15 Å². The first-order chi connectivity index (χ1) is 8.13. The number of halogens is 1. The normalized spacial score (nSPS) is 10.2. The molecule has 0 saturated heterocycles. The van der Waals surface area contributed by atoms with Crippen molar-refractivity contribution >= 4 is 39.5 Å². The predicted molar refractivity (Wildman–Crippen MR) is 73.0 cm³/mol. The fourth-order valence-corrected chi connectivity index (χ4v) is 3.42. The summed E-state index contributed by atoms with van der Waals surface area (Å²) in [6, 6.07) is 4.19. The van der Waals surface area contributed by atoms with E-state index in [1.807, 2.05) is 11.9 Å². The summed E-state index contributed by atoms with van der Waals surface area (Å²) in [5.74, 6) is 0. The first-order valence-corrected chi connectivity index (χ1v) is 6.96. The standard InChI is InChI=1S/C11H10ClN3S2/c1-7-3-4-16-9(7)6-15(2)11-8(5-13)10(12)14-17-11/h3-4H,6H2,1-2H3. The molecule has 0 radical (unpaired) electrons. The number of aryl methyl sites for hydroxylation is 1. The lowest BCUT2D eigenvalue weighted by Crippen LogP contribution is -2.15. The van der Waals surface area contributed by atoms with Gasteiger partial charge >= 0.3 is 0 Å². The van der Waals surface area contributed by atoms with Crippen molar-refractivity contribution in [1.82, 2.24) is 4.37 Å². The van der Waals surface area contributed by atoms with Crippen LogP contribution in [-0.4, -0.2) is 11.4 Å². The van der Waals surface area contributed by atoms with Crippen molar-refractivity contribution < 1.29 is 0 Å². The van der Waals surface area contributed by atoms with Crippen LogP contribution in [0.1, 0.15) is 16.0 Å². The highest BCUT2D eigenvalue weighted by Crippen LogP contribution is 2.32. The second-order valence-corrected chi connectivity index (χ2v) is 5.76. The zero-order chi connectivity index (χ0) is 12.4. The van der Waals surface area contributed by atoms with E-state index in [9.17, 15) is 0 Å². The van der Waals surface area contributed by atoms with Crippen LogP contribution in [0.4, 0.5) is 5.00 Å². The minimum Gasteiger partial charge on any atom is -0.359 e. The number of hydrogen-bond donors (Lipinski definition) is 0. The highest BCUT2D eigenvalue weighted by molar-refractivity contribution is 7.11. The van der Waals surface area contributed by atoms with E-state index in [1.165, 1.54) is 22.0 Å². The summed E-state index contributed by atoms with van der Waals surface area (Å²) in [6.45, 7) is 2.86.